The number of carbonyl (C=O) groups is 1. The van der Waals surface area contributed by atoms with Crippen LogP contribution in [0.4, 0.5) is 0 Å². The van der Waals surface area contributed by atoms with Gasteiger partial charge >= 0.3 is 0 Å². The van der Waals surface area contributed by atoms with Gasteiger partial charge in [0.25, 0.3) is 5.91 Å². The number of rotatable bonds is 4. The third-order valence-electron chi connectivity index (χ3n) is 5.48. The zero-order valence-electron chi connectivity index (χ0n) is 16.1. The van der Waals surface area contributed by atoms with Crippen LogP contribution in [-0.4, -0.2) is 15.5 Å². The van der Waals surface area contributed by atoms with E-state index in [0.29, 0.717) is 0 Å². The van der Waals surface area contributed by atoms with E-state index in [-0.39, 0.29) is 11.9 Å². The highest BCUT2D eigenvalue weighted by Crippen LogP contribution is 2.39. The zero-order valence-corrected chi connectivity index (χ0v) is 16.9. The number of fused-ring (bicyclic) bond motifs is 3. The van der Waals surface area contributed by atoms with E-state index in [1.165, 1.54) is 21.6 Å². The van der Waals surface area contributed by atoms with Gasteiger partial charge in [-0.15, -0.1) is 11.3 Å². The molecule has 4 aromatic rings. The Morgan fingerprint density at radius 1 is 1.07 bits per heavy atom. The van der Waals surface area contributed by atoms with Crippen LogP contribution in [-0.2, 0) is 19.9 Å². The smallest absolute Gasteiger partial charge is 0.262 e. The zero-order chi connectivity index (χ0) is 19.8. The van der Waals surface area contributed by atoms with Crippen LogP contribution in [0.15, 0.2) is 73.1 Å². The SMILES string of the molecule is Cn1ccnc1C(NC(=O)c1cc2c(s1)-c1ccccc1CC2)c1ccccc1. The molecule has 5 heteroatoms. The van der Waals surface area contributed by atoms with Crippen molar-refractivity contribution in [2.24, 2.45) is 7.05 Å². The number of thiophene rings is 1. The summed E-state index contributed by atoms with van der Waals surface area (Å²) in [6, 6.07) is 20.3. The Morgan fingerprint density at radius 2 is 1.83 bits per heavy atom. The Hall–Kier alpha value is -3.18. The summed E-state index contributed by atoms with van der Waals surface area (Å²) < 4.78 is 1.95. The van der Waals surface area contributed by atoms with Gasteiger partial charge in [0, 0.05) is 24.3 Å². The molecule has 1 unspecified atom stereocenters. The molecule has 1 aliphatic rings. The number of aryl methyl sites for hydroxylation is 3. The van der Waals surface area contributed by atoms with Gasteiger partial charge in [0.05, 0.1) is 4.88 Å². The summed E-state index contributed by atoms with van der Waals surface area (Å²) in [6.45, 7) is 0. The summed E-state index contributed by atoms with van der Waals surface area (Å²) in [5.41, 5.74) is 4.92. The second kappa shape index (κ2) is 7.33. The molecule has 0 radical (unpaired) electrons. The largest absolute Gasteiger partial charge is 0.337 e. The van der Waals surface area contributed by atoms with Crippen LogP contribution in [0, 0.1) is 0 Å². The molecule has 1 aliphatic carbocycles. The Balaban J connectivity index is 1.48. The molecule has 0 bridgehead atoms. The van der Waals surface area contributed by atoms with Crippen molar-refractivity contribution < 1.29 is 4.79 Å². The number of nitrogens with one attached hydrogen (secondary N) is 1. The van der Waals surface area contributed by atoms with Gasteiger partial charge in [0.1, 0.15) is 11.9 Å². The molecular weight excluding hydrogens is 378 g/mol. The number of benzene rings is 2. The average molecular weight is 400 g/mol. The standard InChI is InChI=1S/C24H21N3OS/c1-27-14-13-25-23(27)21(17-8-3-2-4-9-17)26-24(28)20-15-18-12-11-16-7-5-6-10-19(16)22(18)29-20/h2-10,13-15,21H,11-12H2,1H3,(H,26,28). The maximum absolute atomic E-state index is 13.2. The maximum Gasteiger partial charge on any atom is 0.262 e. The fraction of sp³-hybridized carbons (Fsp3) is 0.167. The lowest BCUT2D eigenvalue weighted by Gasteiger charge is -2.18. The number of carbonyl (C=O) groups excluding carboxylic acids is 1. The van der Waals surface area contributed by atoms with E-state index in [1.807, 2.05) is 48.1 Å². The molecule has 29 heavy (non-hydrogen) atoms. The molecule has 1 amide bonds. The predicted molar refractivity (Wildman–Crippen MR) is 116 cm³/mol. The molecule has 2 aromatic heterocycles. The van der Waals surface area contributed by atoms with Crippen LogP contribution in [0.1, 0.15) is 38.2 Å². The molecular formula is C24H21N3OS. The van der Waals surface area contributed by atoms with Gasteiger partial charge in [-0.05, 0) is 41.2 Å². The highest BCUT2D eigenvalue weighted by Gasteiger charge is 2.25. The van der Waals surface area contributed by atoms with Crippen molar-refractivity contribution in [2.45, 2.75) is 18.9 Å². The molecule has 0 aliphatic heterocycles. The molecule has 4 nitrogen and oxygen atoms in total. The predicted octanol–water partition coefficient (Wildman–Crippen LogP) is 4.77. The highest BCUT2D eigenvalue weighted by atomic mass is 32.1. The Labute approximate surface area is 173 Å². The minimum absolute atomic E-state index is 0.0567. The van der Waals surface area contributed by atoms with Crippen LogP contribution in [0.5, 0.6) is 0 Å². The number of amides is 1. The molecule has 5 rings (SSSR count). The Kier molecular flexibility index (Phi) is 4.52. The summed E-state index contributed by atoms with van der Waals surface area (Å²) in [4.78, 5) is 19.7. The van der Waals surface area contributed by atoms with Crippen LogP contribution in [0.3, 0.4) is 0 Å². The van der Waals surface area contributed by atoms with Gasteiger partial charge in [0.2, 0.25) is 0 Å². The van der Waals surface area contributed by atoms with Crippen LogP contribution >= 0.6 is 11.3 Å². The van der Waals surface area contributed by atoms with Crippen molar-refractivity contribution in [3.63, 3.8) is 0 Å². The van der Waals surface area contributed by atoms with Crippen LogP contribution < -0.4 is 5.32 Å². The van der Waals surface area contributed by atoms with Gasteiger partial charge in [-0.25, -0.2) is 4.98 Å². The van der Waals surface area contributed by atoms with E-state index >= 15 is 0 Å². The number of hydrogen-bond acceptors (Lipinski definition) is 3. The fourth-order valence-corrected chi connectivity index (χ4v) is 5.16. The van der Waals surface area contributed by atoms with E-state index in [9.17, 15) is 4.79 Å². The second-order valence-electron chi connectivity index (χ2n) is 7.34. The van der Waals surface area contributed by atoms with Crippen molar-refractivity contribution in [1.82, 2.24) is 14.9 Å². The first kappa shape index (κ1) is 17.9. The molecule has 144 valence electrons. The second-order valence-corrected chi connectivity index (χ2v) is 8.39. The summed E-state index contributed by atoms with van der Waals surface area (Å²) in [7, 11) is 1.95. The van der Waals surface area contributed by atoms with Crippen molar-refractivity contribution in [2.75, 3.05) is 0 Å². The summed E-state index contributed by atoms with van der Waals surface area (Å²) in [6.07, 6.45) is 5.68. The highest BCUT2D eigenvalue weighted by molar-refractivity contribution is 7.17. The first-order chi connectivity index (χ1) is 14.2. The average Bonchev–Trinajstić information content (AvgIpc) is 3.39. The third kappa shape index (κ3) is 3.28. The van der Waals surface area contributed by atoms with Gasteiger partial charge in [-0.3, -0.25) is 4.79 Å². The van der Waals surface area contributed by atoms with Gasteiger partial charge in [0.15, 0.2) is 0 Å². The number of nitrogens with zero attached hydrogens (tertiary/aromatic N) is 2. The lowest BCUT2D eigenvalue weighted by Crippen LogP contribution is -2.30. The number of hydrogen-bond donors (Lipinski definition) is 1. The van der Waals surface area contributed by atoms with Crippen molar-refractivity contribution in [1.29, 1.82) is 0 Å². The van der Waals surface area contributed by atoms with Crippen LogP contribution in [0.25, 0.3) is 10.4 Å². The van der Waals surface area contributed by atoms with Crippen molar-refractivity contribution in [3.05, 3.63) is 100 Å². The van der Waals surface area contributed by atoms with Gasteiger partial charge in [-0.2, -0.15) is 0 Å². The molecule has 2 aromatic carbocycles. The van der Waals surface area contributed by atoms with E-state index in [0.717, 1.165) is 29.1 Å². The lowest BCUT2D eigenvalue weighted by molar-refractivity contribution is 0.0945. The summed E-state index contributed by atoms with van der Waals surface area (Å²) in [5, 5.41) is 3.21. The van der Waals surface area contributed by atoms with E-state index in [1.54, 1.807) is 17.5 Å². The van der Waals surface area contributed by atoms with Gasteiger partial charge < -0.3 is 9.88 Å². The minimum Gasteiger partial charge on any atom is -0.337 e. The molecule has 1 atom stereocenters. The first-order valence-electron chi connectivity index (χ1n) is 9.75. The normalized spacial score (nSPS) is 13.4. The number of imidazole rings is 1. The quantitative estimate of drug-likeness (QED) is 0.537. The number of aromatic nitrogens is 2. The first-order valence-corrected chi connectivity index (χ1v) is 10.6. The summed E-state index contributed by atoms with van der Waals surface area (Å²) >= 11 is 1.59. The van der Waals surface area contributed by atoms with E-state index in [2.05, 4.69) is 40.6 Å². The molecule has 1 N–H and O–H groups in total. The van der Waals surface area contributed by atoms with Crippen LogP contribution in [0.2, 0.25) is 0 Å². The van der Waals surface area contributed by atoms with Crippen molar-refractivity contribution in [3.8, 4) is 10.4 Å². The molecule has 0 saturated carbocycles. The third-order valence-corrected chi connectivity index (χ3v) is 6.69. The Morgan fingerprint density at radius 3 is 2.62 bits per heavy atom. The minimum atomic E-state index is -0.296. The maximum atomic E-state index is 13.2. The topological polar surface area (TPSA) is 46.9 Å². The monoisotopic (exact) mass is 399 g/mol. The molecule has 0 spiro atoms. The van der Waals surface area contributed by atoms with E-state index in [4.69, 9.17) is 0 Å². The Bertz CT molecular complexity index is 1180. The summed E-state index contributed by atoms with van der Waals surface area (Å²) in [5.74, 6) is 0.759. The fourth-order valence-electron chi connectivity index (χ4n) is 3.98. The van der Waals surface area contributed by atoms with E-state index < -0.39 is 0 Å². The molecule has 0 saturated heterocycles. The van der Waals surface area contributed by atoms with Gasteiger partial charge in [-0.1, -0.05) is 54.6 Å². The lowest BCUT2D eigenvalue weighted by atomic mass is 9.91. The molecule has 2 heterocycles. The molecule has 0 fully saturated rings. The van der Waals surface area contributed by atoms with Crippen molar-refractivity contribution >= 4 is 17.2 Å².